The smallest absolute Gasteiger partial charge is 0.387 e. The molecule has 7 rings (SSSR count). The molecule has 2 N–H and O–H groups in total. The summed E-state index contributed by atoms with van der Waals surface area (Å²) in [4.78, 5) is 28.1. The number of fused-ring (bicyclic) bond motifs is 9. The van der Waals surface area contributed by atoms with E-state index in [-0.39, 0.29) is 23.3 Å². The van der Waals surface area contributed by atoms with E-state index in [4.69, 9.17) is 19.6 Å². The first-order chi connectivity index (χ1) is 19.0. The number of halogens is 2. The Kier molecular flexibility index (Phi) is 4.02. The Balaban J connectivity index is 1.40. The lowest BCUT2D eigenvalue weighted by molar-refractivity contribution is -0.0505. The minimum absolute atomic E-state index is 0.00127. The number of alkyl halides is 2. The van der Waals surface area contributed by atoms with Crippen molar-refractivity contribution in [1.29, 1.82) is 0 Å². The molecule has 1 aliphatic heterocycles. The molecule has 1 fully saturated rings. The van der Waals surface area contributed by atoms with Gasteiger partial charge in [-0.1, -0.05) is 6.07 Å². The van der Waals surface area contributed by atoms with Crippen molar-refractivity contribution in [2.45, 2.75) is 49.8 Å². The molecular formula is C26H23F2N7O2. The van der Waals surface area contributed by atoms with Gasteiger partial charge in [-0.3, -0.25) is 4.79 Å². The van der Waals surface area contributed by atoms with Crippen molar-refractivity contribution in [1.82, 2.24) is 29.5 Å². The van der Waals surface area contributed by atoms with Gasteiger partial charge in [0.1, 0.15) is 11.6 Å². The minimum Gasteiger partial charge on any atom is -0.434 e. The van der Waals surface area contributed by atoms with Crippen molar-refractivity contribution >= 4 is 11.6 Å². The van der Waals surface area contributed by atoms with Gasteiger partial charge >= 0.3 is 6.61 Å². The summed E-state index contributed by atoms with van der Waals surface area (Å²) in [6.07, 6.45) is 7.82. The SMILES string of the molecule is [2H]C([2H])([2H])N1C(=O)c2cccc(OC(F)F)c2[C@H]2C[C@@H]1c1nn3ccc(-c4cnc(C5(N)CCC5)nc4)nc3c12. The first kappa shape index (κ1) is 19.2. The number of nitrogens with zero attached hydrogens (tertiary/aromatic N) is 6. The molecule has 0 spiro atoms. The molecule has 1 amide bonds. The van der Waals surface area contributed by atoms with E-state index in [0.717, 1.165) is 24.2 Å². The van der Waals surface area contributed by atoms with Crippen molar-refractivity contribution < 1.29 is 22.4 Å². The van der Waals surface area contributed by atoms with Gasteiger partial charge in [-0.15, -0.1) is 0 Å². The Morgan fingerprint density at radius 1 is 1.22 bits per heavy atom. The zero-order valence-electron chi connectivity index (χ0n) is 22.4. The number of rotatable bonds is 4. The summed E-state index contributed by atoms with van der Waals surface area (Å²) in [6.45, 7) is -5.94. The normalized spacial score (nSPS) is 23.1. The second-order valence-corrected chi connectivity index (χ2v) is 9.76. The van der Waals surface area contributed by atoms with Crippen molar-refractivity contribution in [3.05, 3.63) is 71.1 Å². The highest BCUT2D eigenvalue weighted by Gasteiger charge is 2.46. The number of hydrogen-bond donors (Lipinski definition) is 1. The van der Waals surface area contributed by atoms with Gasteiger partial charge in [0.15, 0.2) is 5.65 Å². The van der Waals surface area contributed by atoms with E-state index < -0.39 is 37.0 Å². The summed E-state index contributed by atoms with van der Waals surface area (Å²) in [5, 5.41) is 4.61. The van der Waals surface area contributed by atoms with Crippen LogP contribution in [0.5, 0.6) is 5.75 Å². The molecule has 9 nitrogen and oxygen atoms in total. The van der Waals surface area contributed by atoms with Gasteiger partial charge in [-0.25, -0.2) is 19.5 Å². The third-order valence-corrected chi connectivity index (χ3v) is 7.70. The molecule has 2 aliphatic carbocycles. The molecule has 11 heteroatoms. The molecule has 4 aromatic rings. The monoisotopic (exact) mass is 506 g/mol. The van der Waals surface area contributed by atoms with Crippen LogP contribution in [0.2, 0.25) is 0 Å². The van der Waals surface area contributed by atoms with Crippen LogP contribution in [0.15, 0.2) is 42.9 Å². The molecule has 4 heterocycles. The van der Waals surface area contributed by atoms with Crippen LogP contribution < -0.4 is 10.5 Å². The number of carbonyl (C=O) groups excluding carboxylic acids is 1. The van der Waals surface area contributed by atoms with Crippen LogP contribution in [-0.2, 0) is 5.54 Å². The highest BCUT2D eigenvalue weighted by molar-refractivity contribution is 5.98. The van der Waals surface area contributed by atoms with Gasteiger partial charge in [0, 0.05) is 57.9 Å². The molecule has 188 valence electrons. The Bertz CT molecular complexity index is 1670. The highest BCUT2D eigenvalue weighted by Crippen LogP contribution is 2.53. The van der Waals surface area contributed by atoms with Crippen LogP contribution in [0.25, 0.3) is 16.9 Å². The molecular weight excluding hydrogens is 480 g/mol. The van der Waals surface area contributed by atoms with Gasteiger partial charge in [0.2, 0.25) is 0 Å². The highest BCUT2D eigenvalue weighted by atomic mass is 19.3. The number of ether oxygens (including phenoxy) is 1. The van der Waals surface area contributed by atoms with Crippen LogP contribution >= 0.6 is 0 Å². The lowest BCUT2D eigenvalue weighted by Gasteiger charge is -2.36. The van der Waals surface area contributed by atoms with Gasteiger partial charge in [0.05, 0.1) is 23.0 Å². The maximum absolute atomic E-state index is 13.5. The number of hydrogen-bond acceptors (Lipinski definition) is 7. The number of benzene rings is 1. The van der Waals surface area contributed by atoms with E-state index in [1.165, 1.54) is 22.7 Å². The van der Waals surface area contributed by atoms with E-state index in [9.17, 15) is 13.6 Å². The maximum Gasteiger partial charge on any atom is 0.387 e. The minimum atomic E-state index is -3.13. The first-order valence-corrected chi connectivity index (χ1v) is 12.0. The topological polar surface area (TPSA) is 112 Å². The predicted octanol–water partition coefficient (Wildman–Crippen LogP) is 3.79. The quantitative estimate of drug-likeness (QED) is 0.448. The van der Waals surface area contributed by atoms with Crippen molar-refractivity contribution in [3.8, 4) is 17.0 Å². The van der Waals surface area contributed by atoms with Crippen LogP contribution in [0, 0.1) is 0 Å². The second-order valence-electron chi connectivity index (χ2n) is 9.76. The zero-order valence-corrected chi connectivity index (χ0v) is 19.4. The maximum atomic E-state index is 13.5. The van der Waals surface area contributed by atoms with E-state index >= 15 is 0 Å². The third kappa shape index (κ3) is 3.19. The zero-order chi connectivity index (χ0) is 28.0. The van der Waals surface area contributed by atoms with Gasteiger partial charge in [-0.2, -0.15) is 13.9 Å². The summed E-state index contributed by atoms with van der Waals surface area (Å²) in [5.41, 5.74) is 8.57. The van der Waals surface area contributed by atoms with Crippen LogP contribution in [0.3, 0.4) is 0 Å². The fourth-order valence-corrected chi connectivity index (χ4v) is 5.71. The van der Waals surface area contributed by atoms with E-state index in [1.807, 2.05) is 0 Å². The largest absolute Gasteiger partial charge is 0.434 e. The Morgan fingerprint density at radius 3 is 2.73 bits per heavy atom. The molecule has 3 aliphatic rings. The summed E-state index contributed by atoms with van der Waals surface area (Å²) < 4.78 is 57.5. The van der Waals surface area contributed by atoms with Gasteiger partial charge in [0.25, 0.3) is 5.91 Å². The molecule has 0 unspecified atom stereocenters. The molecule has 2 bridgehead atoms. The Labute approximate surface area is 214 Å². The molecule has 1 aromatic carbocycles. The van der Waals surface area contributed by atoms with Crippen molar-refractivity contribution in [2.24, 2.45) is 5.73 Å². The van der Waals surface area contributed by atoms with Gasteiger partial charge in [-0.05, 0) is 43.9 Å². The van der Waals surface area contributed by atoms with E-state index in [2.05, 4.69) is 15.1 Å². The molecule has 3 aromatic heterocycles. The van der Waals surface area contributed by atoms with Gasteiger partial charge < -0.3 is 15.4 Å². The van der Waals surface area contributed by atoms with Crippen LogP contribution in [-0.4, -0.2) is 49.0 Å². The average Bonchev–Trinajstić information content (AvgIpc) is 3.39. The lowest BCUT2D eigenvalue weighted by atomic mass is 9.77. The standard InChI is InChI=1S/C26H23F2N7O2/c1-34-17-10-15(19-14(23(34)36)4-2-5-18(19)37-25(27)28)20-21(17)33-35-9-6-16(32-22(20)35)13-11-30-24(31-12-13)26(29)7-3-8-26/h2,4-6,9,11-12,15,17,25H,3,7-8,10,29H2,1H3/t15-,17-/m1/s1/i1D3. The first-order valence-electron chi connectivity index (χ1n) is 13.5. The molecule has 2 atom stereocenters. The summed E-state index contributed by atoms with van der Waals surface area (Å²) in [7, 11) is 0. The molecule has 37 heavy (non-hydrogen) atoms. The molecule has 0 radical (unpaired) electrons. The van der Waals surface area contributed by atoms with Crippen LogP contribution in [0.1, 0.15) is 74.8 Å². The number of amides is 1. The number of aromatic nitrogens is 5. The predicted molar refractivity (Wildman–Crippen MR) is 128 cm³/mol. The Hall–Kier alpha value is -3.99. The van der Waals surface area contributed by atoms with E-state index in [1.54, 1.807) is 24.7 Å². The number of carbonyl (C=O) groups is 1. The third-order valence-electron chi connectivity index (χ3n) is 7.70. The second kappa shape index (κ2) is 7.75. The average molecular weight is 507 g/mol. The summed E-state index contributed by atoms with van der Waals surface area (Å²) >= 11 is 0. The molecule has 1 saturated carbocycles. The summed E-state index contributed by atoms with van der Waals surface area (Å²) in [6, 6.07) is 5.00. The van der Waals surface area contributed by atoms with Crippen molar-refractivity contribution in [3.63, 3.8) is 0 Å². The van der Waals surface area contributed by atoms with Crippen molar-refractivity contribution in [2.75, 3.05) is 6.98 Å². The number of nitrogens with two attached hydrogens (primary N) is 1. The summed E-state index contributed by atoms with van der Waals surface area (Å²) in [5.74, 6) is -1.05. The lowest BCUT2D eigenvalue weighted by Crippen LogP contribution is -2.44. The molecule has 0 saturated heterocycles. The van der Waals surface area contributed by atoms with E-state index in [0.29, 0.717) is 34.0 Å². The Morgan fingerprint density at radius 2 is 2.03 bits per heavy atom. The fraction of sp³-hybridized carbons (Fsp3) is 0.346. The van der Waals surface area contributed by atoms with Crippen LogP contribution in [0.4, 0.5) is 8.78 Å². The fourth-order valence-electron chi connectivity index (χ4n) is 5.71.